The van der Waals surface area contributed by atoms with Gasteiger partial charge in [0.15, 0.2) is 0 Å². The molecule has 100 valence electrons. The predicted octanol–water partition coefficient (Wildman–Crippen LogP) is 2.21. The number of anilines is 3. The highest BCUT2D eigenvalue weighted by Crippen LogP contribution is 2.24. The quantitative estimate of drug-likeness (QED) is 0.564. The van der Waals surface area contributed by atoms with Gasteiger partial charge in [-0.3, -0.25) is 0 Å². The first-order valence-electron chi connectivity index (χ1n) is 6.02. The molecular formula is C13H17N5O. The molecule has 0 radical (unpaired) electrons. The first-order valence-corrected chi connectivity index (χ1v) is 6.02. The van der Waals surface area contributed by atoms with Gasteiger partial charge in [0.05, 0.1) is 6.61 Å². The monoisotopic (exact) mass is 259 g/mol. The fraction of sp³-hybridized carbons (Fsp3) is 0.231. The average Bonchev–Trinajstić information content (AvgIpc) is 2.42. The Bertz CT molecular complexity index is 558. The van der Waals surface area contributed by atoms with E-state index in [1.165, 1.54) is 6.33 Å². The Balaban J connectivity index is 2.23. The summed E-state index contributed by atoms with van der Waals surface area (Å²) in [4.78, 5) is 8.23. The molecule has 0 amide bonds. The molecule has 4 N–H and O–H groups in total. The van der Waals surface area contributed by atoms with Crippen LogP contribution in [0.2, 0.25) is 0 Å². The van der Waals surface area contributed by atoms with Gasteiger partial charge in [0.25, 0.3) is 0 Å². The van der Waals surface area contributed by atoms with Crippen LogP contribution in [0.1, 0.15) is 12.5 Å². The van der Waals surface area contributed by atoms with Gasteiger partial charge in [-0.05, 0) is 26.0 Å². The lowest BCUT2D eigenvalue weighted by Gasteiger charge is -2.11. The van der Waals surface area contributed by atoms with Gasteiger partial charge in [0.1, 0.15) is 23.7 Å². The normalized spacial score (nSPS) is 10.1. The zero-order valence-corrected chi connectivity index (χ0v) is 11.0. The molecule has 6 nitrogen and oxygen atoms in total. The third-order valence-corrected chi connectivity index (χ3v) is 2.63. The minimum absolute atomic E-state index is 0.596. The molecule has 0 saturated carbocycles. The Labute approximate surface area is 112 Å². The van der Waals surface area contributed by atoms with Gasteiger partial charge in [0, 0.05) is 17.3 Å². The summed E-state index contributed by atoms with van der Waals surface area (Å²) in [7, 11) is 0. The summed E-state index contributed by atoms with van der Waals surface area (Å²) in [6.07, 6.45) is 1.46. The van der Waals surface area contributed by atoms with Crippen molar-refractivity contribution in [3.63, 3.8) is 0 Å². The lowest BCUT2D eigenvalue weighted by Crippen LogP contribution is -2.11. The highest BCUT2D eigenvalue weighted by Gasteiger charge is 2.06. The topological polar surface area (TPSA) is 85.1 Å². The van der Waals surface area contributed by atoms with Crippen LogP contribution in [0.15, 0.2) is 30.6 Å². The maximum absolute atomic E-state index is 5.45. The van der Waals surface area contributed by atoms with Gasteiger partial charge < -0.3 is 15.5 Å². The van der Waals surface area contributed by atoms with E-state index in [0.717, 1.165) is 17.0 Å². The molecule has 0 spiro atoms. The molecule has 0 aliphatic heterocycles. The van der Waals surface area contributed by atoms with Crippen molar-refractivity contribution in [2.24, 2.45) is 5.84 Å². The number of aromatic nitrogens is 2. The molecule has 0 aliphatic carbocycles. The summed E-state index contributed by atoms with van der Waals surface area (Å²) in [5.74, 6) is 7.51. The largest absolute Gasteiger partial charge is 0.494 e. The molecule has 0 fully saturated rings. The van der Waals surface area contributed by atoms with E-state index < -0.39 is 0 Å². The maximum atomic E-state index is 5.45. The summed E-state index contributed by atoms with van der Waals surface area (Å²) < 4.78 is 5.45. The van der Waals surface area contributed by atoms with Crippen LogP contribution in [0.3, 0.4) is 0 Å². The number of nitrogen functional groups attached to an aromatic ring is 1. The van der Waals surface area contributed by atoms with Gasteiger partial charge in [-0.1, -0.05) is 6.07 Å². The van der Waals surface area contributed by atoms with Crippen molar-refractivity contribution >= 4 is 17.3 Å². The number of nitrogens with one attached hydrogen (secondary N) is 2. The highest BCUT2D eigenvalue weighted by atomic mass is 16.5. The Morgan fingerprint density at radius 2 is 2.05 bits per heavy atom. The summed E-state index contributed by atoms with van der Waals surface area (Å²) in [5.41, 5.74) is 4.29. The Morgan fingerprint density at radius 3 is 2.79 bits per heavy atom. The van der Waals surface area contributed by atoms with Crippen molar-refractivity contribution in [1.82, 2.24) is 9.97 Å². The number of hydrogen-bond acceptors (Lipinski definition) is 6. The smallest absolute Gasteiger partial charge is 0.148 e. The molecular weight excluding hydrogens is 242 g/mol. The lowest BCUT2D eigenvalue weighted by molar-refractivity contribution is 0.340. The third-order valence-electron chi connectivity index (χ3n) is 2.63. The number of ether oxygens (including phenoxy) is 1. The first kappa shape index (κ1) is 13.1. The molecule has 2 rings (SSSR count). The number of benzene rings is 1. The standard InChI is InChI=1S/C13H17N5O/c1-3-19-11-6-4-5-10(7-11)17-12-9(2)13(18-14)16-8-15-12/h4-8H,3,14H2,1-2H3,(H2,15,16,17,18). The molecule has 6 heteroatoms. The summed E-state index contributed by atoms with van der Waals surface area (Å²) >= 11 is 0. The van der Waals surface area contributed by atoms with Crippen LogP contribution < -0.4 is 21.3 Å². The van der Waals surface area contributed by atoms with Crippen molar-refractivity contribution in [1.29, 1.82) is 0 Å². The van der Waals surface area contributed by atoms with Crippen LogP contribution in [0.25, 0.3) is 0 Å². The van der Waals surface area contributed by atoms with Crippen molar-refractivity contribution in [2.75, 3.05) is 17.3 Å². The second-order valence-electron chi connectivity index (χ2n) is 3.93. The average molecular weight is 259 g/mol. The van der Waals surface area contributed by atoms with Crippen LogP contribution >= 0.6 is 0 Å². The van der Waals surface area contributed by atoms with E-state index in [4.69, 9.17) is 10.6 Å². The minimum atomic E-state index is 0.596. The highest BCUT2D eigenvalue weighted by molar-refractivity contribution is 5.64. The maximum Gasteiger partial charge on any atom is 0.148 e. The van der Waals surface area contributed by atoms with E-state index in [0.29, 0.717) is 18.2 Å². The molecule has 1 aromatic carbocycles. The van der Waals surface area contributed by atoms with Gasteiger partial charge in [-0.2, -0.15) is 0 Å². The molecule has 0 aliphatic rings. The number of nitrogens with two attached hydrogens (primary N) is 1. The Hall–Kier alpha value is -2.34. The van der Waals surface area contributed by atoms with Gasteiger partial charge in [-0.25, -0.2) is 15.8 Å². The van der Waals surface area contributed by atoms with E-state index in [1.54, 1.807) is 0 Å². The Kier molecular flexibility index (Phi) is 4.15. The predicted molar refractivity (Wildman–Crippen MR) is 75.5 cm³/mol. The second kappa shape index (κ2) is 6.01. The van der Waals surface area contributed by atoms with Crippen LogP contribution in [-0.2, 0) is 0 Å². The van der Waals surface area contributed by atoms with E-state index >= 15 is 0 Å². The molecule has 0 bridgehead atoms. The molecule has 1 aromatic heterocycles. The fourth-order valence-corrected chi connectivity index (χ4v) is 1.69. The van der Waals surface area contributed by atoms with Crippen molar-refractivity contribution in [3.8, 4) is 5.75 Å². The van der Waals surface area contributed by atoms with E-state index in [1.807, 2.05) is 38.1 Å². The van der Waals surface area contributed by atoms with Crippen LogP contribution in [0, 0.1) is 6.92 Å². The SMILES string of the molecule is CCOc1cccc(Nc2ncnc(NN)c2C)c1. The summed E-state index contributed by atoms with van der Waals surface area (Å²) in [6.45, 7) is 4.48. The zero-order chi connectivity index (χ0) is 13.7. The first-order chi connectivity index (χ1) is 9.24. The van der Waals surface area contributed by atoms with Crippen LogP contribution in [-0.4, -0.2) is 16.6 Å². The minimum Gasteiger partial charge on any atom is -0.494 e. The van der Waals surface area contributed by atoms with Crippen molar-refractivity contribution < 1.29 is 4.74 Å². The van der Waals surface area contributed by atoms with Crippen LogP contribution in [0.5, 0.6) is 5.75 Å². The number of hydrogen-bond donors (Lipinski definition) is 3. The molecule has 0 unspecified atom stereocenters. The zero-order valence-electron chi connectivity index (χ0n) is 11.0. The van der Waals surface area contributed by atoms with E-state index in [-0.39, 0.29) is 0 Å². The van der Waals surface area contributed by atoms with Crippen LogP contribution in [0.4, 0.5) is 17.3 Å². The van der Waals surface area contributed by atoms with Crippen molar-refractivity contribution in [2.45, 2.75) is 13.8 Å². The third kappa shape index (κ3) is 3.11. The second-order valence-corrected chi connectivity index (χ2v) is 3.93. The number of hydrazine groups is 1. The number of nitrogens with zero attached hydrogens (tertiary/aromatic N) is 2. The van der Waals surface area contributed by atoms with E-state index in [9.17, 15) is 0 Å². The molecule has 19 heavy (non-hydrogen) atoms. The molecule has 1 heterocycles. The lowest BCUT2D eigenvalue weighted by atomic mass is 10.2. The molecule has 2 aromatic rings. The number of rotatable bonds is 5. The summed E-state index contributed by atoms with van der Waals surface area (Å²) in [5, 5.41) is 3.22. The Morgan fingerprint density at radius 1 is 1.26 bits per heavy atom. The van der Waals surface area contributed by atoms with Gasteiger partial charge in [-0.15, -0.1) is 0 Å². The van der Waals surface area contributed by atoms with Gasteiger partial charge >= 0.3 is 0 Å². The fourth-order valence-electron chi connectivity index (χ4n) is 1.69. The van der Waals surface area contributed by atoms with Crippen molar-refractivity contribution in [3.05, 3.63) is 36.2 Å². The van der Waals surface area contributed by atoms with Gasteiger partial charge in [0.2, 0.25) is 0 Å². The molecule has 0 saturated heterocycles. The summed E-state index contributed by atoms with van der Waals surface area (Å²) in [6, 6.07) is 7.69. The van der Waals surface area contributed by atoms with E-state index in [2.05, 4.69) is 20.7 Å². The molecule has 0 atom stereocenters.